The van der Waals surface area contributed by atoms with E-state index in [0.29, 0.717) is 39.0 Å². The summed E-state index contributed by atoms with van der Waals surface area (Å²) in [5, 5.41) is 8.88. The number of hydrogen-bond acceptors (Lipinski definition) is 3. The van der Waals surface area contributed by atoms with E-state index in [0.717, 1.165) is 0 Å². The quantitative estimate of drug-likeness (QED) is 0.701. The Kier molecular flexibility index (Phi) is 4.98. The number of carbonyl (C=O) groups is 2. The zero-order valence-corrected chi connectivity index (χ0v) is 10.1. The molecule has 0 aliphatic carbocycles. The predicted octanol–water partition coefficient (Wildman–Crippen LogP) is 0.0171. The Labute approximate surface area is 101 Å². The van der Waals surface area contributed by atoms with E-state index in [1.807, 2.05) is 4.90 Å². The fourth-order valence-corrected chi connectivity index (χ4v) is 1.85. The Balaban J connectivity index is 2.38. The third kappa shape index (κ3) is 3.75. The van der Waals surface area contributed by atoms with Crippen LogP contribution in [-0.4, -0.2) is 59.0 Å². The van der Waals surface area contributed by atoms with Gasteiger partial charge in [0.15, 0.2) is 0 Å². The Morgan fingerprint density at radius 3 is 2.41 bits per heavy atom. The number of carbonyl (C=O) groups excluding carboxylic acids is 1. The molecule has 1 fully saturated rings. The maximum absolute atomic E-state index is 11.7. The molecule has 0 radical (unpaired) electrons. The molecule has 1 aliphatic rings. The lowest BCUT2D eigenvalue weighted by molar-refractivity contribution is -0.144. The molecule has 1 aliphatic heterocycles. The second kappa shape index (κ2) is 6.26. The molecule has 0 aromatic carbocycles. The van der Waals surface area contributed by atoms with Gasteiger partial charge in [-0.1, -0.05) is 0 Å². The van der Waals surface area contributed by atoms with Gasteiger partial charge in [-0.05, 0) is 6.92 Å². The van der Waals surface area contributed by atoms with E-state index in [-0.39, 0.29) is 5.91 Å². The molecule has 94 valence electrons. The number of hydrogen-bond donors (Lipinski definition) is 1. The van der Waals surface area contributed by atoms with Crippen LogP contribution in [0.3, 0.4) is 0 Å². The van der Waals surface area contributed by atoms with E-state index in [1.54, 1.807) is 11.8 Å². The molecule has 0 saturated carbocycles. The third-order valence-corrected chi connectivity index (χ3v) is 3.06. The number of terminal acetylenes is 1. The van der Waals surface area contributed by atoms with Crippen LogP contribution < -0.4 is 0 Å². The summed E-state index contributed by atoms with van der Waals surface area (Å²) < 4.78 is 0. The van der Waals surface area contributed by atoms with E-state index >= 15 is 0 Å². The highest BCUT2D eigenvalue weighted by Crippen LogP contribution is 2.08. The SMILES string of the molecule is C#CCCC(=O)N1CCN(C(C)C(=O)O)CC1. The fourth-order valence-electron chi connectivity index (χ4n) is 1.85. The minimum atomic E-state index is -0.822. The third-order valence-electron chi connectivity index (χ3n) is 3.06. The van der Waals surface area contributed by atoms with Crippen molar-refractivity contribution in [2.24, 2.45) is 0 Å². The van der Waals surface area contributed by atoms with Gasteiger partial charge in [0.05, 0.1) is 0 Å². The second-order valence-electron chi connectivity index (χ2n) is 4.14. The van der Waals surface area contributed by atoms with Crippen molar-refractivity contribution in [3.63, 3.8) is 0 Å². The van der Waals surface area contributed by atoms with E-state index < -0.39 is 12.0 Å². The standard InChI is InChI=1S/C12H18N2O3/c1-3-4-5-11(15)14-8-6-13(7-9-14)10(2)12(16)17/h1,10H,4-9H2,2H3,(H,16,17). The van der Waals surface area contributed by atoms with Crippen molar-refractivity contribution in [2.75, 3.05) is 26.2 Å². The Morgan fingerprint density at radius 1 is 1.35 bits per heavy atom. The van der Waals surface area contributed by atoms with Crippen molar-refractivity contribution >= 4 is 11.9 Å². The Hall–Kier alpha value is -1.54. The summed E-state index contributed by atoms with van der Waals surface area (Å²) in [4.78, 5) is 26.1. The van der Waals surface area contributed by atoms with Crippen LogP contribution in [0.25, 0.3) is 0 Å². The van der Waals surface area contributed by atoms with Gasteiger partial charge in [0, 0.05) is 39.0 Å². The topological polar surface area (TPSA) is 60.9 Å². The zero-order chi connectivity index (χ0) is 12.8. The summed E-state index contributed by atoms with van der Waals surface area (Å²) in [5.74, 6) is 1.68. The molecule has 1 unspecified atom stereocenters. The molecule has 17 heavy (non-hydrogen) atoms. The van der Waals surface area contributed by atoms with E-state index in [9.17, 15) is 9.59 Å². The first kappa shape index (κ1) is 13.5. The van der Waals surface area contributed by atoms with Gasteiger partial charge in [0.25, 0.3) is 0 Å². The van der Waals surface area contributed by atoms with Crippen LogP contribution >= 0.6 is 0 Å². The molecular weight excluding hydrogens is 220 g/mol. The molecule has 1 heterocycles. The first-order valence-corrected chi connectivity index (χ1v) is 5.74. The van der Waals surface area contributed by atoms with Crippen LogP contribution in [0.5, 0.6) is 0 Å². The highest BCUT2D eigenvalue weighted by Gasteiger charge is 2.26. The van der Waals surface area contributed by atoms with Crippen molar-refractivity contribution in [1.82, 2.24) is 9.80 Å². The molecule has 0 bridgehead atoms. The first-order chi connectivity index (χ1) is 8.06. The number of piperazine rings is 1. The van der Waals surface area contributed by atoms with Crippen molar-refractivity contribution in [3.8, 4) is 12.3 Å². The molecule has 0 aromatic rings. The van der Waals surface area contributed by atoms with Crippen molar-refractivity contribution in [1.29, 1.82) is 0 Å². The molecule has 0 aromatic heterocycles. The van der Waals surface area contributed by atoms with Crippen LogP contribution in [0.1, 0.15) is 19.8 Å². The van der Waals surface area contributed by atoms with Gasteiger partial charge < -0.3 is 10.0 Å². The summed E-state index contributed by atoms with van der Waals surface area (Å²) in [5.41, 5.74) is 0. The van der Waals surface area contributed by atoms with Crippen molar-refractivity contribution < 1.29 is 14.7 Å². The summed E-state index contributed by atoms with van der Waals surface area (Å²) in [7, 11) is 0. The summed E-state index contributed by atoms with van der Waals surface area (Å²) in [6, 6.07) is -0.488. The first-order valence-electron chi connectivity index (χ1n) is 5.74. The summed E-state index contributed by atoms with van der Waals surface area (Å²) in [6.07, 6.45) is 5.95. The average Bonchev–Trinajstić information content (AvgIpc) is 2.35. The lowest BCUT2D eigenvalue weighted by Gasteiger charge is -2.36. The lowest BCUT2D eigenvalue weighted by atomic mass is 10.2. The number of carboxylic acid groups (broad SMARTS) is 1. The van der Waals surface area contributed by atoms with Crippen LogP contribution in [0.4, 0.5) is 0 Å². The molecule has 1 rings (SSSR count). The largest absolute Gasteiger partial charge is 0.480 e. The van der Waals surface area contributed by atoms with E-state index in [1.165, 1.54) is 0 Å². The molecule has 0 spiro atoms. The maximum atomic E-state index is 11.7. The Bertz CT molecular complexity index is 327. The summed E-state index contributed by atoms with van der Waals surface area (Å²) in [6.45, 7) is 4.05. The predicted molar refractivity (Wildman–Crippen MR) is 63.3 cm³/mol. The lowest BCUT2D eigenvalue weighted by Crippen LogP contribution is -2.53. The van der Waals surface area contributed by atoms with Crippen LogP contribution in [0, 0.1) is 12.3 Å². The monoisotopic (exact) mass is 238 g/mol. The molecule has 5 nitrogen and oxygen atoms in total. The smallest absolute Gasteiger partial charge is 0.320 e. The molecule has 1 N–H and O–H groups in total. The molecular formula is C12H18N2O3. The van der Waals surface area contributed by atoms with Gasteiger partial charge in [0.2, 0.25) is 5.91 Å². The minimum absolute atomic E-state index is 0.0607. The number of amides is 1. The second-order valence-corrected chi connectivity index (χ2v) is 4.14. The number of nitrogens with zero attached hydrogens (tertiary/aromatic N) is 2. The molecule has 1 atom stereocenters. The van der Waals surface area contributed by atoms with Gasteiger partial charge in [-0.3, -0.25) is 14.5 Å². The maximum Gasteiger partial charge on any atom is 0.320 e. The van der Waals surface area contributed by atoms with Crippen LogP contribution in [0.15, 0.2) is 0 Å². The van der Waals surface area contributed by atoms with Crippen LogP contribution in [-0.2, 0) is 9.59 Å². The van der Waals surface area contributed by atoms with Crippen molar-refractivity contribution in [2.45, 2.75) is 25.8 Å². The van der Waals surface area contributed by atoms with Gasteiger partial charge in [-0.25, -0.2) is 0 Å². The fraction of sp³-hybridized carbons (Fsp3) is 0.667. The molecule has 5 heteroatoms. The highest BCUT2D eigenvalue weighted by atomic mass is 16.4. The van der Waals surface area contributed by atoms with Crippen LogP contribution in [0.2, 0.25) is 0 Å². The van der Waals surface area contributed by atoms with Gasteiger partial charge in [-0.2, -0.15) is 0 Å². The van der Waals surface area contributed by atoms with Gasteiger partial charge >= 0.3 is 5.97 Å². The highest BCUT2D eigenvalue weighted by molar-refractivity contribution is 5.76. The number of aliphatic carboxylic acids is 1. The normalized spacial score (nSPS) is 18.5. The van der Waals surface area contributed by atoms with E-state index in [2.05, 4.69) is 5.92 Å². The van der Waals surface area contributed by atoms with Gasteiger partial charge in [0.1, 0.15) is 6.04 Å². The zero-order valence-electron chi connectivity index (χ0n) is 10.1. The molecule has 1 saturated heterocycles. The number of rotatable bonds is 4. The summed E-state index contributed by atoms with van der Waals surface area (Å²) >= 11 is 0. The Morgan fingerprint density at radius 2 is 1.94 bits per heavy atom. The number of carboxylic acids is 1. The minimum Gasteiger partial charge on any atom is -0.480 e. The van der Waals surface area contributed by atoms with Gasteiger partial charge in [-0.15, -0.1) is 12.3 Å². The van der Waals surface area contributed by atoms with Crippen molar-refractivity contribution in [3.05, 3.63) is 0 Å². The average molecular weight is 238 g/mol. The van der Waals surface area contributed by atoms with E-state index in [4.69, 9.17) is 11.5 Å². The molecule has 1 amide bonds.